The van der Waals surface area contributed by atoms with Crippen LogP contribution in [-0.4, -0.2) is 24.5 Å². The number of carbonyl (C=O) groups is 2. The molecule has 1 aromatic carbocycles. The van der Waals surface area contributed by atoms with Crippen LogP contribution in [0.25, 0.3) is 0 Å². The molecule has 5 heteroatoms. The second kappa shape index (κ2) is 7.41. The minimum Gasteiger partial charge on any atom is -0.449 e. The maximum Gasteiger partial charge on any atom is 0.341 e. The van der Waals surface area contributed by atoms with Crippen LogP contribution in [0.2, 0.25) is 0 Å². The van der Waals surface area contributed by atoms with Gasteiger partial charge < -0.3 is 15.8 Å². The second-order valence-electron chi connectivity index (χ2n) is 4.28. The van der Waals surface area contributed by atoms with Gasteiger partial charge in [-0.3, -0.25) is 4.79 Å². The van der Waals surface area contributed by atoms with E-state index in [-0.39, 0.29) is 0 Å². The fourth-order valence-electron chi connectivity index (χ4n) is 1.50. The average Bonchev–Trinajstić information content (AvgIpc) is 2.39. The van der Waals surface area contributed by atoms with Crippen LogP contribution in [0.4, 0.5) is 5.69 Å². The van der Waals surface area contributed by atoms with Gasteiger partial charge in [0, 0.05) is 12.2 Å². The van der Waals surface area contributed by atoms with E-state index in [0.717, 1.165) is 19.4 Å². The average molecular weight is 264 g/mol. The summed E-state index contributed by atoms with van der Waals surface area (Å²) in [5.74, 6) is -1.21. The van der Waals surface area contributed by atoms with Crippen LogP contribution in [-0.2, 0) is 9.53 Å². The molecule has 3 N–H and O–H groups in total. The number of rotatable bonds is 7. The lowest BCUT2D eigenvalue weighted by Gasteiger charge is -2.13. The predicted octanol–water partition coefficient (Wildman–Crippen LogP) is 1.93. The smallest absolute Gasteiger partial charge is 0.341 e. The van der Waals surface area contributed by atoms with E-state index >= 15 is 0 Å². The molecular formula is C14H20N2O3. The van der Waals surface area contributed by atoms with Crippen molar-refractivity contribution in [3.63, 3.8) is 0 Å². The summed E-state index contributed by atoms with van der Waals surface area (Å²) in [7, 11) is 0. The van der Waals surface area contributed by atoms with Crippen LogP contribution in [0, 0.1) is 0 Å². The minimum atomic E-state index is -0.934. The van der Waals surface area contributed by atoms with E-state index in [4.69, 9.17) is 10.5 Å². The number of ether oxygens (including phenoxy) is 1. The summed E-state index contributed by atoms with van der Waals surface area (Å²) in [4.78, 5) is 22.8. The molecule has 1 atom stereocenters. The summed E-state index contributed by atoms with van der Waals surface area (Å²) < 4.78 is 4.99. The Balaban J connectivity index is 2.75. The van der Waals surface area contributed by atoms with Gasteiger partial charge in [0.15, 0.2) is 6.10 Å². The predicted molar refractivity (Wildman–Crippen MR) is 73.9 cm³/mol. The molecule has 0 aliphatic heterocycles. The first-order chi connectivity index (χ1) is 9.06. The minimum absolute atomic E-state index is 0.409. The molecule has 19 heavy (non-hydrogen) atoms. The Hall–Kier alpha value is -2.04. The molecule has 0 bridgehead atoms. The van der Waals surface area contributed by atoms with Crippen LogP contribution in [0.1, 0.15) is 37.0 Å². The van der Waals surface area contributed by atoms with Crippen molar-refractivity contribution in [3.05, 3.63) is 29.8 Å². The zero-order chi connectivity index (χ0) is 14.3. The molecule has 0 saturated carbocycles. The SMILES string of the molecule is CCCCNc1ccccc1C(=O)O[C@@H](C)C(N)=O. The van der Waals surface area contributed by atoms with Gasteiger partial charge in [-0.15, -0.1) is 0 Å². The van der Waals surface area contributed by atoms with Gasteiger partial charge in [-0.25, -0.2) is 4.79 Å². The normalized spacial score (nSPS) is 11.7. The van der Waals surface area contributed by atoms with Gasteiger partial charge in [0.05, 0.1) is 5.56 Å². The van der Waals surface area contributed by atoms with Crippen molar-refractivity contribution in [2.45, 2.75) is 32.8 Å². The largest absolute Gasteiger partial charge is 0.449 e. The van der Waals surface area contributed by atoms with Crippen molar-refractivity contribution in [1.29, 1.82) is 0 Å². The highest BCUT2D eigenvalue weighted by molar-refractivity contribution is 5.97. The van der Waals surface area contributed by atoms with Gasteiger partial charge in [-0.2, -0.15) is 0 Å². The van der Waals surface area contributed by atoms with Crippen LogP contribution in [0.5, 0.6) is 0 Å². The lowest BCUT2D eigenvalue weighted by Crippen LogP contribution is -2.30. The van der Waals surface area contributed by atoms with Crippen LogP contribution in [0.15, 0.2) is 24.3 Å². The summed E-state index contributed by atoms with van der Waals surface area (Å²) in [6.45, 7) is 4.33. The Kier molecular flexibility index (Phi) is 5.85. The summed E-state index contributed by atoms with van der Waals surface area (Å²) in [5.41, 5.74) is 6.18. The summed E-state index contributed by atoms with van der Waals surface area (Å²) in [6.07, 6.45) is 1.15. The molecule has 0 aliphatic rings. The molecule has 1 amide bonds. The molecule has 0 spiro atoms. The highest BCUT2D eigenvalue weighted by Crippen LogP contribution is 2.17. The van der Waals surface area contributed by atoms with Crippen LogP contribution < -0.4 is 11.1 Å². The molecule has 5 nitrogen and oxygen atoms in total. The Morgan fingerprint density at radius 2 is 2.05 bits per heavy atom. The lowest BCUT2D eigenvalue weighted by molar-refractivity contribution is -0.125. The third kappa shape index (κ3) is 4.62. The number of nitrogens with one attached hydrogen (secondary N) is 1. The molecule has 104 valence electrons. The third-order valence-electron chi connectivity index (χ3n) is 2.68. The lowest BCUT2D eigenvalue weighted by atomic mass is 10.1. The van der Waals surface area contributed by atoms with Crippen LogP contribution in [0.3, 0.4) is 0 Å². The van der Waals surface area contributed by atoms with E-state index in [1.54, 1.807) is 18.2 Å². The number of para-hydroxylation sites is 1. The Morgan fingerprint density at radius 1 is 1.37 bits per heavy atom. The summed E-state index contributed by atoms with van der Waals surface area (Å²) >= 11 is 0. The van der Waals surface area contributed by atoms with E-state index in [1.807, 2.05) is 6.07 Å². The van der Waals surface area contributed by atoms with Gasteiger partial charge >= 0.3 is 5.97 Å². The molecule has 0 aromatic heterocycles. The summed E-state index contributed by atoms with van der Waals surface area (Å²) in [5, 5.41) is 3.18. The standard InChI is InChI=1S/C14H20N2O3/c1-3-4-9-16-12-8-6-5-7-11(12)14(18)19-10(2)13(15)17/h5-8,10,16H,3-4,9H2,1-2H3,(H2,15,17)/t10-/m0/s1. The molecule has 1 rings (SSSR count). The molecule has 0 unspecified atom stereocenters. The van der Waals surface area contributed by atoms with Crippen molar-refractivity contribution in [2.75, 3.05) is 11.9 Å². The maximum absolute atomic E-state index is 11.9. The number of carbonyl (C=O) groups excluding carboxylic acids is 2. The molecule has 0 aliphatic carbocycles. The molecule has 1 aromatic rings. The van der Waals surface area contributed by atoms with E-state index in [2.05, 4.69) is 12.2 Å². The fourth-order valence-corrected chi connectivity index (χ4v) is 1.50. The molecule has 0 heterocycles. The first kappa shape index (κ1) is 15.0. The monoisotopic (exact) mass is 264 g/mol. The zero-order valence-corrected chi connectivity index (χ0v) is 11.3. The number of benzene rings is 1. The Bertz CT molecular complexity index is 446. The number of nitrogens with two attached hydrogens (primary N) is 1. The summed E-state index contributed by atoms with van der Waals surface area (Å²) in [6, 6.07) is 7.05. The van der Waals surface area contributed by atoms with Crippen LogP contribution >= 0.6 is 0 Å². The number of hydrogen-bond acceptors (Lipinski definition) is 4. The Labute approximate surface area is 113 Å². The number of amides is 1. The second-order valence-corrected chi connectivity index (χ2v) is 4.28. The van der Waals surface area contributed by atoms with Gasteiger partial charge in [0.2, 0.25) is 0 Å². The van der Waals surface area contributed by atoms with Crippen molar-refractivity contribution in [1.82, 2.24) is 0 Å². The van der Waals surface area contributed by atoms with Gasteiger partial charge in [-0.1, -0.05) is 25.5 Å². The first-order valence-electron chi connectivity index (χ1n) is 6.39. The van der Waals surface area contributed by atoms with Crippen molar-refractivity contribution in [2.24, 2.45) is 5.73 Å². The van der Waals surface area contributed by atoms with Crippen molar-refractivity contribution < 1.29 is 14.3 Å². The Morgan fingerprint density at radius 3 is 2.68 bits per heavy atom. The van der Waals surface area contributed by atoms with E-state index in [1.165, 1.54) is 6.92 Å². The molecule has 0 radical (unpaired) electrons. The van der Waals surface area contributed by atoms with Crippen molar-refractivity contribution in [3.8, 4) is 0 Å². The topological polar surface area (TPSA) is 81.4 Å². The zero-order valence-electron chi connectivity index (χ0n) is 11.3. The van der Waals surface area contributed by atoms with Gasteiger partial charge in [0.1, 0.15) is 0 Å². The maximum atomic E-state index is 11.9. The molecule has 0 fully saturated rings. The van der Waals surface area contributed by atoms with E-state index in [0.29, 0.717) is 11.3 Å². The molecular weight excluding hydrogens is 244 g/mol. The first-order valence-corrected chi connectivity index (χ1v) is 6.39. The number of primary amides is 1. The van der Waals surface area contributed by atoms with E-state index in [9.17, 15) is 9.59 Å². The highest BCUT2D eigenvalue weighted by Gasteiger charge is 2.18. The quantitative estimate of drug-likeness (QED) is 0.582. The van der Waals surface area contributed by atoms with E-state index < -0.39 is 18.0 Å². The van der Waals surface area contributed by atoms with Gasteiger partial charge in [0.25, 0.3) is 5.91 Å². The number of unbranched alkanes of at least 4 members (excludes halogenated alkanes) is 1. The number of hydrogen-bond donors (Lipinski definition) is 2. The molecule has 0 saturated heterocycles. The van der Waals surface area contributed by atoms with Crippen molar-refractivity contribution >= 4 is 17.6 Å². The number of esters is 1. The highest BCUT2D eigenvalue weighted by atomic mass is 16.5. The number of anilines is 1. The van der Waals surface area contributed by atoms with Gasteiger partial charge in [-0.05, 0) is 25.5 Å². The fraction of sp³-hybridized carbons (Fsp3) is 0.429. The third-order valence-corrected chi connectivity index (χ3v) is 2.68.